The normalized spacial score (nSPS) is 18.9. The summed E-state index contributed by atoms with van der Waals surface area (Å²) >= 11 is 0. The fourth-order valence-corrected chi connectivity index (χ4v) is 2.74. The lowest BCUT2D eigenvalue weighted by Crippen LogP contribution is -2.34. The van der Waals surface area contributed by atoms with Crippen LogP contribution in [0.25, 0.3) is 0 Å². The van der Waals surface area contributed by atoms with Gasteiger partial charge in [0.2, 0.25) is 5.91 Å². The lowest BCUT2D eigenvalue weighted by atomic mass is 10.00. The molecule has 1 aliphatic rings. The molecule has 0 bridgehead atoms. The molecule has 0 aliphatic carbocycles. The molecular formula is C17H26N2O. The van der Waals surface area contributed by atoms with Gasteiger partial charge in [0.25, 0.3) is 0 Å². The van der Waals surface area contributed by atoms with Crippen molar-refractivity contribution >= 4 is 17.3 Å². The first kappa shape index (κ1) is 14.9. The minimum absolute atomic E-state index is 0.117. The number of piperidine rings is 1. The summed E-state index contributed by atoms with van der Waals surface area (Å²) in [5.74, 6) is 0.892. The first-order chi connectivity index (χ1) is 9.69. The number of amides is 1. The smallest absolute Gasteiger partial charge is 0.224 e. The monoisotopic (exact) mass is 274 g/mol. The summed E-state index contributed by atoms with van der Waals surface area (Å²) < 4.78 is 0. The lowest BCUT2D eigenvalue weighted by molar-refractivity contribution is -0.116. The molecule has 20 heavy (non-hydrogen) atoms. The maximum Gasteiger partial charge on any atom is 0.224 e. The van der Waals surface area contributed by atoms with E-state index in [9.17, 15) is 4.79 Å². The molecule has 0 spiro atoms. The van der Waals surface area contributed by atoms with Gasteiger partial charge in [-0.25, -0.2) is 0 Å². The van der Waals surface area contributed by atoms with Crippen LogP contribution in [0.3, 0.4) is 0 Å². The van der Waals surface area contributed by atoms with Crippen molar-refractivity contribution in [3.63, 3.8) is 0 Å². The third-order valence-electron chi connectivity index (χ3n) is 3.93. The Hall–Kier alpha value is -1.51. The third kappa shape index (κ3) is 4.26. The molecule has 1 N–H and O–H groups in total. The number of unbranched alkanes of at least 4 members (excludes halogenated alkanes) is 1. The summed E-state index contributed by atoms with van der Waals surface area (Å²) in [4.78, 5) is 14.1. The van der Waals surface area contributed by atoms with Crippen molar-refractivity contribution in [2.24, 2.45) is 5.92 Å². The Balaban J connectivity index is 1.90. The minimum Gasteiger partial charge on any atom is -0.371 e. The van der Waals surface area contributed by atoms with Crippen LogP contribution < -0.4 is 10.2 Å². The molecule has 1 aliphatic heterocycles. The molecule has 1 amide bonds. The molecule has 0 radical (unpaired) electrons. The summed E-state index contributed by atoms with van der Waals surface area (Å²) in [5.41, 5.74) is 2.17. The summed E-state index contributed by atoms with van der Waals surface area (Å²) in [6.45, 7) is 6.70. The molecule has 1 atom stereocenters. The number of nitrogens with one attached hydrogen (secondary N) is 1. The van der Waals surface area contributed by atoms with Gasteiger partial charge in [-0.15, -0.1) is 0 Å². The van der Waals surface area contributed by atoms with Crippen LogP contribution in [0.2, 0.25) is 0 Å². The minimum atomic E-state index is 0.117. The molecule has 0 saturated carbocycles. The van der Waals surface area contributed by atoms with E-state index in [4.69, 9.17) is 0 Å². The van der Waals surface area contributed by atoms with Crippen molar-refractivity contribution < 1.29 is 4.79 Å². The second-order valence-corrected chi connectivity index (χ2v) is 5.89. The summed E-state index contributed by atoms with van der Waals surface area (Å²) in [7, 11) is 0. The van der Waals surface area contributed by atoms with Crippen molar-refractivity contribution in [1.82, 2.24) is 0 Å². The standard InChI is InChI=1S/C17H26N2O/c1-3-4-7-17(20)18-15-8-10-16(11-9-15)19-12-5-6-14(2)13-19/h8-11,14H,3-7,12-13H2,1-2H3,(H,18,20). The average molecular weight is 274 g/mol. The summed E-state index contributed by atoms with van der Waals surface area (Å²) in [6, 6.07) is 8.26. The van der Waals surface area contributed by atoms with Gasteiger partial charge in [0, 0.05) is 30.9 Å². The zero-order valence-corrected chi connectivity index (χ0v) is 12.7. The van der Waals surface area contributed by atoms with E-state index in [1.54, 1.807) is 0 Å². The highest BCUT2D eigenvalue weighted by Gasteiger charge is 2.16. The van der Waals surface area contributed by atoms with E-state index in [1.807, 2.05) is 12.1 Å². The number of rotatable bonds is 5. The third-order valence-corrected chi connectivity index (χ3v) is 3.93. The number of carbonyl (C=O) groups is 1. The average Bonchev–Trinajstić information content (AvgIpc) is 2.46. The van der Waals surface area contributed by atoms with Crippen LogP contribution in [0.5, 0.6) is 0 Å². The number of hydrogen-bond donors (Lipinski definition) is 1. The van der Waals surface area contributed by atoms with Crippen LogP contribution in [0.4, 0.5) is 11.4 Å². The molecule has 1 aromatic rings. The lowest BCUT2D eigenvalue weighted by Gasteiger charge is -2.32. The van der Waals surface area contributed by atoms with Crippen LogP contribution in [-0.4, -0.2) is 19.0 Å². The van der Waals surface area contributed by atoms with Gasteiger partial charge >= 0.3 is 0 Å². The Morgan fingerprint density at radius 2 is 2.10 bits per heavy atom. The van der Waals surface area contributed by atoms with E-state index < -0.39 is 0 Å². The first-order valence-corrected chi connectivity index (χ1v) is 7.84. The van der Waals surface area contributed by atoms with Crippen LogP contribution in [-0.2, 0) is 4.79 Å². The highest BCUT2D eigenvalue weighted by atomic mass is 16.1. The van der Waals surface area contributed by atoms with E-state index >= 15 is 0 Å². The molecule has 2 rings (SSSR count). The largest absolute Gasteiger partial charge is 0.371 e. The number of hydrogen-bond acceptors (Lipinski definition) is 2. The van der Waals surface area contributed by atoms with Crippen LogP contribution in [0.15, 0.2) is 24.3 Å². The van der Waals surface area contributed by atoms with E-state index in [-0.39, 0.29) is 5.91 Å². The molecule has 110 valence electrons. The predicted molar refractivity (Wildman–Crippen MR) is 85.2 cm³/mol. The van der Waals surface area contributed by atoms with Crippen molar-refractivity contribution in [3.05, 3.63) is 24.3 Å². The van der Waals surface area contributed by atoms with Gasteiger partial charge in [-0.1, -0.05) is 20.3 Å². The van der Waals surface area contributed by atoms with Crippen LogP contribution in [0.1, 0.15) is 46.0 Å². The van der Waals surface area contributed by atoms with Gasteiger partial charge in [0.1, 0.15) is 0 Å². The van der Waals surface area contributed by atoms with Gasteiger partial charge in [-0.3, -0.25) is 4.79 Å². The molecule has 1 unspecified atom stereocenters. The molecule has 1 saturated heterocycles. The Kier molecular flexibility index (Phi) is 5.45. The fourth-order valence-electron chi connectivity index (χ4n) is 2.74. The molecule has 1 aromatic carbocycles. The topological polar surface area (TPSA) is 32.3 Å². The molecule has 0 aromatic heterocycles. The van der Waals surface area contributed by atoms with Crippen molar-refractivity contribution in [1.29, 1.82) is 0 Å². The second-order valence-electron chi connectivity index (χ2n) is 5.89. The quantitative estimate of drug-likeness (QED) is 0.878. The van der Waals surface area contributed by atoms with E-state index in [0.29, 0.717) is 6.42 Å². The maximum atomic E-state index is 11.7. The zero-order valence-electron chi connectivity index (χ0n) is 12.7. The van der Waals surface area contributed by atoms with Crippen molar-refractivity contribution in [3.8, 4) is 0 Å². The Morgan fingerprint density at radius 3 is 2.75 bits per heavy atom. The van der Waals surface area contributed by atoms with Gasteiger partial charge in [0.15, 0.2) is 0 Å². The van der Waals surface area contributed by atoms with Crippen LogP contribution >= 0.6 is 0 Å². The molecule has 1 heterocycles. The van der Waals surface area contributed by atoms with Crippen molar-refractivity contribution in [2.45, 2.75) is 46.0 Å². The Bertz CT molecular complexity index is 427. The van der Waals surface area contributed by atoms with E-state index in [2.05, 4.69) is 36.2 Å². The zero-order chi connectivity index (χ0) is 14.4. The summed E-state index contributed by atoms with van der Waals surface area (Å²) in [5, 5.41) is 2.96. The van der Waals surface area contributed by atoms with Gasteiger partial charge in [0.05, 0.1) is 0 Å². The molecule has 1 fully saturated rings. The van der Waals surface area contributed by atoms with E-state index in [1.165, 1.54) is 18.5 Å². The highest BCUT2D eigenvalue weighted by Crippen LogP contribution is 2.24. The number of carbonyl (C=O) groups excluding carboxylic acids is 1. The molecule has 3 heteroatoms. The van der Waals surface area contributed by atoms with E-state index in [0.717, 1.165) is 37.5 Å². The van der Waals surface area contributed by atoms with Gasteiger partial charge in [-0.05, 0) is 49.4 Å². The first-order valence-electron chi connectivity index (χ1n) is 7.84. The number of nitrogens with zero attached hydrogens (tertiary/aromatic N) is 1. The second kappa shape index (κ2) is 7.32. The molecule has 3 nitrogen and oxygen atoms in total. The van der Waals surface area contributed by atoms with Crippen molar-refractivity contribution in [2.75, 3.05) is 23.3 Å². The number of anilines is 2. The Morgan fingerprint density at radius 1 is 1.35 bits per heavy atom. The fraction of sp³-hybridized carbons (Fsp3) is 0.588. The summed E-state index contributed by atoms with van der Waals surface area (Å²) in [6.07, 6.45) is 5.23. The van der Waals surface area contributed by atoms with Gasteiger partial charge in [-0.2, -0.15) is 0 Å². The van der Waals surface area contributed by atoms with Gasteiger partial charge < -0.3 is 10.2 Å². The Labute approximate surface area is 122 Å². The van der Waals surface area contributed by atoms with Crippen LogP contribution in [0, 0.1) is 5.92 Å². The predicted octanol–water partition coefficient (Wildman–Crippen LogP) is 4.05. The number of benzene rings is 1. The highest BCUT2D eigenvalue weighted by molar-refractivity contribution is 5.90. The molecular weight excluding hydrogens is 248 g/mol. The maximum absolute atomic E-state index is 11.7. The SMILES string of the molecule is CCCCC(=O)Nc1ccc(N2CCCC(C)C2)cc1.